The summed E-state index contributed by atoms with van der Waals surface area (Å²) >= 11 is 0. The second-order valence-electron chi connectivity index (χ2n) is 5.23. The number of ether oxygens (including phenoxy) is 1. The highest BCUT2D eigenvalue weighted by molar-refractivity contribution is 5.99. The predicted molar refractivity (Wildman–Crippen MR) is 79.7 cm³/mol. The summed E-state index contributed by atoms with van der Waals surface area (Å²) < 4.78 is 5.58. The molecule has 1 aliphatic heterocycles. The van der Waals surface area contributed by atoms with Crippen molar-refractivity contribution < 1.29 is 9.53 Å². The fourth-order valence-corrected chi connectivity index (χ4v) is 2.85. The summed E-state index contributed by atoms with van der Waals surface area (Å²) in [5, 5.41) is 0. The second-order valence-corrected chi connectivity index (χ2v) is 5.23. The number of benzene rings is 2. The van der Waals surface area contributed by atoms with Crippen LogP contribution in [0, 0.1) is 0 Å². The van der Waals surface area contributed by atoms with Crippen molar-refractivity contribution in [2.24, 2.45) is 0 Å². The Morgan fingerprint density at radius 1 is 1.10 bits per heavy atom. The summed E-state index contributed by atoms with van der Waals surface area (Å²) in [7, 11) is 0. The number of hydrogen-bond acceptors (Lipinski definition) is 2. The Hall–Kier alpha value is -2.09. The Kier molecular flexibility index (Phi) is 3.55. The van der Waals surface area contributed by atoms with Crippen LogP contribution in [0.1, 0.15) is 35.7 Å². The molecule has 3 rings (SSSR count). The minimum absolute atomic E-state index is 0.0334. The van der Waals surface area contributed by atoms with Gasteiger partial charge >= 0.3 is 5.97 Å². The summed E-state index contributed by atoms with van der Waals surface area (Å²) in [6.07, 6.45) is 2.83. The number of esters is 1. The minimum Gasteiger partial charge on any atom is -0.458 e. The zero-order valence-electron chi connectivity index (χ0n) is 11.6. The lowest BCUT2D eigenvalue weighted by Crippen LogP contribution is -2.28. The van der Waals surface area contributed by atoms with Gasteiger partial charge in [0.15, 0.2) is 0 Å². The van der Waals surface area contributed by atoms with Crippen molar-refractivity contribution in [1.82, 2.24) is 0 Å². The summed E-state index contributed by atoms with van der Waals surface area (Å²) in [5.41, 5.74) is 3.89. The predicted octanol–water partition coefficient (Wildman–Crippen LogP) is 4.24. The fraction of sp³-hybridized carbons (Fsp3) is 0.278. The molecule has 2 nitrogen and oxygen atoms in total. The van der Waals surface area contributed by atoms with E-state index in [1.807, 2.05) is 48.5 Å². The largest absolute Gasteiger partial charge is 0.458 e. The molecular weight excluding hydrogens is 248 g/mol. The first-order chi connectivity index (χ1) is 9.79. The first kappa shape index (κ1) is 12.9. The molecule has 1 unspecified atom stereocenters. The number of cyclic esters (lactones) is 1. The maximum Gasteiger partial charge on any atom is 0.339 e. The van der Waals surface area contributed by atoms with Gasteiger partial charge in [-0.1, -0.05) is 61.9 Å². The Balaban J connectivity index is 2.05. The van der Waals surface area contributed by atoms with E-state index in [2.05, 4.69) is 6.92 Å². The van der Waals surface area contributed by atoms with Crippen molar-refractivity contribution in [2.45, 2.75) is 32.3 Å². The Bertz CT molecular complexity index is 617. The van der Waals surface area contributed by atoms with Crippen molar-refractivity contribution >= 4 is 5.97 Å². The smallest absolute Gasteiger partial charge is 0.339 e. The van der Waals surface area contributed by atoms with Gasteiger partial charge in [0.25, 0.3) is 0 Å². The van der Waals surface area contributed by atoms with E-state index >= 15 is 0 Å². The van der Waals surface area contributed by atoms with E-state index in [0.29, 0.717) is 0 Å². The number of hydrogen-bond donors (Lipinski definition) is 0. The van der Waals surface area contributed by atoms with Crippen LogP contribution in [0.25, 0.3) is 11.1 Å². The number of carbonyl (C=O) groups excluding carboxylic acids is 1. The Morgan fingerprint density at radius 2 is 1.90 bits per heavy atom. The van der Waals surface area contributed by atoms with Gasteiger partial charge in [0.05, 0.1) is 5.56 Å². The third kappa shape index (κ3) is 2.34. The van der Waals surface area contributed by atoms with Gasteiger partial charge in [0.1, 0.15) is 6.10 Å². The number of rotatable bonds is 3. The summed E-state index contributed by atoms with van der Waals surface area (Å²) in [6.45, 7) is 2.11. The molecule has 0 bridgehead atoms. The molecule has 0 saturated carbocycles. The van der Waals surface area contributed by atoms with Gasteiger partial charge in [-0.25, -0.2) is 4.79 Å². The lowest BCUT2D eigenvalue weighted by molar-refractivity contribution is 0.0238. The van der Waals surface area contributed by atoms with Gasteiger partial charge < -0.3 is 4.74 Å². The van der Waals surface area contributed by atoms with Crippen LogP contribution in [-0.4, -0.2) is 12.1 Å². The lowest BCUT2D eigenvalue weighted by atomic mass is 9.90. The molecule has 0 spiro atoms. The molecule has 0 saturated heterocycles. The van der Waals surface area contributed by atoms with Gasteiger partial charge in [-0.2, -0.15) is 0 Å². The van der Waals surface area contributed by atoms with Crippen molar-refractivity contribution in [3.8, 4) is 11.1 Å². The average molecular weight is 266 g/mol. The van der Waals surface area contributed by atoms with E-state index in [0.717, 1.165) is 41.5 Å². The molecule has 0 N–H and O–H groups in total. The third-order valence-electron chi connectivity index (χ3n) is 3.77. The van der Waals surface area contributed by atoms with Crippen molar-refractivity contribution in [3.05, 3.63) is 59.7 Å². The highest BCUT2D eigenvalue weighted by atomic mass is 16.5. The molecule has 2 aromatic rings. The van der Waals surface area contributed by atoms with E-state index < -0.39 is 0 Å². The summed E-state index contributed by atoms with van der Waals surface area (Å²) in [4.78, 5) is 12.3. The second kappa shape index (κ2) is 5.49. The van der Waals surface area contributed by atoms with Crippen LogP contribution in [0.3, 0.4) is 0 Å². The zero-order valence-corrected chi connectivity index (χ0v) is 11.6. The first-order valence-electron chi connectivity index (χ1n) is 7.18. The molecule has 0 aromatic heterocycles. The van der Waals surface area contributed by atoms with Crippen LogP contribution in [-0.2, 0) is 11.2 Å². The molecule has 2 aromatic carbocycles. The van der Waals surface area contributed by atoms with Crippen LogP contribution < -0.4 is 0 Å². The molecule has 102 valence electrons. The van der Waals surface area contributed by atoms with E-state index in [9.17, 15) is 4.79 Å². The van der Waals surface area contributed by atoms with E-state index in [-0.39, 0.29) is 12.1 Å². The van der Waals surface area contributed by atoms with Crippen molar-refractivity contribution in [3.63, 3.8) is 0 Å². The quantitative estimate of drug-likeness (QED) is 0.777. The van der Waals surface area contributed by atoms with Gasteiger partial charge in [-0.3, -0.25) is 0 Å². The van der Waals surface area contributed by atoms with Crippen LogP contribution in [0.2, 0.25) is 0 Å². The van der Waals surface area contributed by atoms with Gasteiger partial charge in [-0.15, -0.1) is 0 Å². The van der Waals surface area contributed by atoms with Gasteiger partial charge in [0.2, 0.25) is 0 Å². The summed E-state index contributed by atoms with van der Waals surface area (Å²) in [5.74, 6) is -0.177. The van der Waals surface area contributed by atoms with Gasteiger partial charge in [-0.05, 0) is 23.1 Å². The average Bonchev–Trinajstić information content (AvgIpc) is 2.48. The van der Waals surface area contributed by atoms with E-state index in [4.69, 9.17) is 4.74 Å². The molecule has 0 aliphatic carbocycles. The Morgan fingerprint density at radius 3 is 2.65 bits per heavy atom. The molecule has 1 atom stereocenters. The minimum atomic E-state index is -0.177. The molecule has 0 amide bonds. The molecule has 2 heteroatoms. The fourth-order valence-electron chi connectivity index (χ4n) is 2.85. The highest BCUT2D eigenvalue weighted by Crippen LogP contribution is 2.31. The molecular formula is C18H18O2. The summed E-state index contributed by atoms with van der Waals surface area (Å²) in [6, 6.07) is 16.1. The highest BCUT2D eigenvalue weighted by Gasteiger charge is 2.28. The van der Waals surface area contributed by atoms with Crippen LogP contribution in [0.15, 0.2) is 48.5 Å². The van der Waals surface area contributed by atoms with Crippen molar-refractivity contribution in [2.75, 3.05) is 0 Å². The lowest BCUT2D eigenvalue weighted by Gasteiger charge is -2.26. The molecule has 1 aliphatic rings. The Labute approximate surface area is 119 Å². The van der Waals surface area contributed by atoms with Crippen LogP contribution >= 0.6 is 0 Å². The standard InChI is InChI=1S/C18H18O2/c1-2-7-15-12-14-10-6-11-16(17(14)18(19)20-15)13-8-4-3-5-9-13/h3-6,8-11,15H,2,7,12H2,1H3. The molecule has 0 fully saturated rings. The van der Waals surface area contributed by atoms with E-state index in [1.165, 1.54) is 0 Å². The van der Waals surface area contributed by atoms with Crippen LogP contribution in [0.5, 0.6) is 0 Å². The maximum absolute atomic E-state index is 12.3. The maximum atomic E-state index is 12.3. The zero-order chi connectivity index (χ0) is 13.9. The number of fused-ring (bicyclic) bond motifs is 1. The van der Waals surface area contributed by atoms with Gasteiger partial charge in [0, 0.05) is 6.42 Å². The first-order valence-corrected chi connectivity index (χ1v) is 7.18. The molecule has 0 radical (unpaired) electrons. The monoisotopic (exact) mass is 266 g/mol. The van der Waals surface area contributed by atoms with E-state index in [1.54, 1.807) is 0 Å². The topological polar surface area (TPSA) is 26.3 Å². The normalized spacial score (nSPS) is 17.4. The SMILES string of the molecule is CCCC1Cc2cccc(-c3ccccc3)c2C(=O)O1. The van der Waals surface area contributed by atoms with Crippen molar-refractivity contribution in [1.29, 1.82) is 0 Å². The third-order valence-corrected chi connectivity index (χ3v) is 3.77. The molecule has 1 heterocycles. The molecule has 20 heavy (non-hydrogen) atoms. The number of carbonyl (C=O) groups is 1. The van der Waals surface area contributed by atoms with Crippen LogP contribution in [0.4, 0.5) is 0 Å².